The van der Waals surface area contributed by atoms with Gasteiger partial charge in [-0.15, -0.1) is 10.2 Å². The summed E-state index contributed by atoms with van der Waals surface area (Å²) in [4.78, 5) is 12.4. The zero-order valence-corrected chi connectivity index (χ0v) is 17.5. The molecule has 9 heteroatoms. The van der Waals surface area contributed by atoms with E-state index in [4.69, 9.17) is 23.2 Å². The molecule has 1 N–H and O–H groups in total. The van der Waals surface area contributed by atoms with Crippen LogP contribution in [0.3, 0.4) is 0 Å². The second kappa shape index (κ2) is 8.43. The Bertz CT molecular complexity index is 946. The van der Waals surface area contributed by atoms with Crippen molar-refractivity contribution in [2.75, 3.05) is 6.26 Å². The van der Waals surface area contributed by atoms with Crippen molar-refractivity contribution in [1.29, 1.82) is 0 Å². The van der Waals surface area contributed by atoms with Crippen molar-refractivity contribution in [3.05, 3.63) is 68.4 Å². The number of carbonyl (C=O) groups is 1. The fraction of sp³-hybridized carbons (Fsp3) is 0.118. The summed E-state index contributed by atoms with van der Waals surface area (Å²) in [6.07, 6.45) is 1.92. The van der Waals surface area contributed by atoms with E-state index in [9.17, 15) is 4.79 Å². The van der Waals surface area contributed by atoms with Gasteiger partial charge in [-0.3, -0.25) is 9.36 Å². The first-order valence-electron chi connectivity index (χ1n) is 7.47. The molecule has 0 fully saturated rings. The van der Waals surface area contributed by atoms with Crippen molar-refractivity contribution in [3.63, 3.8) is 0 Å². The van der Waals surface area contributed by atoms with Gasteiger partial charge in [0, 0.05) is 15.2 Å². The van der Waals surface area contributed by atoms with E-state index < -0.39 is 0 Å². The van der Waals surface area contributed by atoms with Crippen molar-refractivity contribution < 1.29 is 4.79 Å². The van der Waals surface area contributed by atoms with Gasteiger partial charge in [0.25, 0.3) is 5.91 Å². The Hall–Kier alpha value is -1.54. The standard InChI is InChI=1S/C17H13BrCl2N4OS/c1-26-17-23-22-15(24(17)12-5-2-10(18)3-6-12)9-21-16(25)13-8-11(19)4-7-14(13)20/h2-8H,9H2,1H3,(H,21,25). The Kier molecular flexibility index (Phi) is 6.24. The summed E-state index contributed by atoms with van der Waals surface area (Å²) in [5, 5.41) is 12.7. The summed E-state index contributed by atoms with van der Waals surface area (Å²) < 4.78 is 2.88. The second-order valence-electron chi connectivity index (χ2n) is 5.22. The molecule has 0 aliphatic carbocycles. The molecule has 26 heavy (non-hydrogen) atoms. The van der Waals surface area contributed by atoms with Crippen molar-refractivity contribution >= 4 is 56.8 Å². The number of aromatic nitrogens is 3. The summed E-state index contributed by atoms with van der Waals surface area (Å²) in [7, 11) is 0. The lowest BCUT2D eigenvalue weighted by Gasteiger charge is -2.11. The number of amides is 1. The van der Waals surface area contributed by atoms with Crippen LogP contribution in [0.1, 0.15) is 16.2 Å². The molecule has 5 nitrogen and oxygen atoms in total. The topological polar surface area (TPSA) is 59.8 Å². The molecular weight excluding hydrogens is 459 g/mol. The number of benzene rings is 2. The smallest absolute Gasteiger partial charge is 0.253 e. The van der Waals surface area contributed by atoms with E-state index in [2.05, 4.69) is 31.4 Å². The van der Waals surface area contributed by atoms with Crippen molar-refractivity contribution in [1.82, 2.24) is 20.1 Å². The maximum absolute atomic E-state index is 12.4. The molecule has 0 spiro atoms. The van der Waals surface area contributed by atoms with E-state index in [0.29, 0.717) is 21.4 Å². The third-order valence-corrected chi connectivity index (χ3v) is 5.27. The zero-order chi connectivity index (χ0) is 18.7. The highest BCUT2D eigenvalue weighted by atomic mass is 79.9. The molecule has 0 unspecified atom stereocenters. The van der Waals surface area contributed by atoms with Crippen LogP contribution in [0.4, 0.5) is 0 Å². The monoisotopic (exact) mass is 470 g/mol. The van der Waals surface area contributed by atoms with Crippen LogP contribution in [0.15, 0.2) is 52.1 Å². The van der Waals surface area contributed by atoms with Gasteiger partial charge in [0.15, 0.2) is 11.0 Å². The van der Waals surface area contributed by atoms with Crippen LogP contribution in [0, 0.1) is 0 Å². The normalized spacial score (nSPS) is 10.8. The molecule has 0 atom stereocenters. The minimum absolute atomic E-state index is 0.200. The highest BCUT2D eigenvalue weighted by Crippen LogP contribution is 2.23. The molecule has 1 amide bonds. The lowest BCUT2D eigenvalue weighted by molar-refractivity contribution is 0.0950. The van der Waals surface area contributed by atoms with E-state index in [0.717, 1.165) is 15.3 Å². The Morgan fingerprint density at radius 1 is 1.19 bits per heavy atom. The molecule has 3 aromatic rings. The van der Waals surface area contributed by atoms with Crippen molar-refractivity contribution in [3.8, 4) is 5.69 Å². The number of halogens is 3. The van der Waals surface area contributed by atoms with Gasteiger partial charge >= 0.3 is 0 Å². The van der Waals surface area contributed by atoms with Crippen LogP contribution in [0.2, 0.25) is 10.0 Å². The highest BCUT2D eigenvalue weighted by molar-refractivity contribution is 9.10. The number of hydrogen-bond donors (Lipinski definition) is 1. The second-order valence-corrected chi connectivity index (χ2v) is 7.75. The van der Waals surface area contributed by atoms with Gasteiger partial charge in [0.1, 0.15) is 0 Å². The summed E-state index contributed by atoms with van der Waals surface area (Å²) in [6.45, 7) is 0.200. The van der Waals surface area contributed by atoms with Crippen LogP contribution in [-0.4, -0.2) is 26.9 Å². The number of hydrogen-bond acceptors (Lipinski definition) is 4. The highest BCUT2D eigenvalue weighted by Gasteiger charge is 2.16. The lowest BCUT2D eigenvalue weighted by atomic mass is 10.2. The predicted molar refractivity (Wildman–Crippen MR) is 108 cm³/mol. The lowest BCUT2D eigenvalue weighted by Crippen LogP contribution is -2.25. The van der Waals surface area contributed by atoms with Gasteiger partial charge in [0.05, 0.1) is 17.1 Å². The van der Waals surface area contributed by atoms with Gasteiger partial charge in [-0.2, -0.15) is 0 Å². The third-order valence-electron chi connectivity index (χ3n) is 3.55. The Balaban J connectivity index is 1.84. The van der Waals surface area contributed by atoms with E-state index in [-0.39, 0.29) is 12.5 Å². The summed E-state index contributed by atoms with van der Waals surface area (Å²) >= 11 is 16.9. The van der Waals surface area contributed by atoms with E-state index in [1.54, 1.807) is 12.1 Å². The average molecular weight is 472 g/mol. The predicted octanol–water partition coefficient (Wildman–Crippen LogP) is 4.99. The fourth-order valence-electron chi connectivity index (χ4n) is 2.32. The average Bonchev–Trinajstić information content (AvgIpc) is 3.05. The molecule has 2 aromatic carbocycles. The van der Waals surface area contributed by atoms with Crippen LogP contribution >= 0.6 is 50.9 Å². The number of carbonyl (C=O) groups excluding carboxylic acids is 1. The fourth-order valence-corrected chi connectivity index (χ4v) is 3.48. The SMILES string of the molecule is CSc1nnc(CNC(=O)c2cc(Cl)ccc2Cl)n1-c1ccc(Br)cc1. The molecule has 0 aliphatic rings. The summed E-state index contributed by atoms with van der Waals surface area (Å²) in [5.74, 6) is 0.289. The largest absolute Gasteiger partial charge is 0.345 e. The van der Waals surface area contributed by atoms with Crippen LogP contribution < -0.4 is 5.32 Å². The zero-order valence-electron chi connectivity index (χ0n) is 13.5. The van der Waals surface area contributed by atoms with Crippen LogP contribution in [0.5, 0.6) is 0 Å². The van der Waals surface area contributed by atoms with E-state index >= 15 is 0 Å². The Labute approximate surface area is 173 Å². The molecule has 134 valence electrons. The first kappa shape index (κ1) is 19.2. The first-order chi connectivity index (χ1) is 12.5. The number of rotatable bonds is 5. The molecule has 3 rings (SSSR count). The molecule has 0 saturated heterocycles. The van der Waals surface area contributed by atoms with Gasteiger partial charge in [0.2, 0.25) is 0 Å². The molecule has 0 bridgehead atoms. The van der Waals surface area contributed by atoms with Crippen LogP contribution in [-0.2, 0) is 6.54 Å². The maximum atomic E-state index is 12.4. The molecule has 1 aromatic heterocycles. The minimum Gasteiger partial charge on any atom is -0.345 e. The van der Waals surface area contributed by atoms with Gasteiger partial charge < -0.3 is 5.32 Å². The molecule has 0 saturated carbocycles. The summed E-state index contributed by atoms with van der Waals surface area (Å²) in [6, 6.07) is 12.5. The quantitative estimate of drug-likeness (QED) is 0.532. The Morgan fingerprint density at radius 3 is 2.62 bits per heavy atom. The van der Waals surface area contributed by atoms with Gasteiger partial charge in [-0.1, -0.05) is 50.9 Å². The molecule has 0 aliphatic heterocycles. The summed E-state index contributed by atoms with van der Waals surface area (Å²) in [5.41, 5.74) is 1.23. The van der Waals surface area contributed by atoms with Gasteiger partial charge in [-0.25, -0.2) is 0 Å². The molecule has 1 heterocycles. The van der Waals surface area contributed by atoms with Crippen molar-refractivity contribution in [2.24, 2.45) is 0 Å². The van der Waals surface area contributed by atoms with Crippen LogP contribution in [0.25, 0.3) is 5.69 Å². The van der Waals surface area contributed by atoms with Gasteiger partial charge in [-0.05, 0) is 48.7 Å². The number of thioether (sulfide) groups is 1. The molecular formula is C17H13BrCl2N4OS. The minimum atomic E-state index is -0.325. The Morgan fingerprint density at radius 2 is 1.92 bits per heavy atom. The van der Waals surface area contributed by atoms with E-state index in [1.165, 1.54) is 17.8 Å². The first-order valence-corrected chi connectivity index (χ1v) is 10.2. The van der Waals surface area contributed by atoms with Crippen molar-refractivity contribution in [2.45, 2.75) is 11.7 Å². The number of nitrogens with zero attached hydrogens (tertiary/aromatic N) is 3. The maximum Gasteiger partial charge on any atom is 0.253 e. The number of nitrogens with one attached hydrogen (secondary N) is 1. The van der Waals surface area contributed by atoms with E-state index in [1.807, 2.05) is 35.1 Å². The third kappa shape index (κ3) is 4.23. The molecule has 0 radical (unpaired) electrons.